The zero-order chi connectivity index (χ0) is 10.7. The molecule has 0 unspecified atom stereocenters. The van der Waals surface area contributed by atoms with Crippen molar-refractivity contribution in [2.24, 2.45) is 5.73 Å². The van der Waals surface area contributed by atoms with Crippen molar-refractivity contribution in [2.75, 3.05) is 0 Å². The van der Waals surface area contributed by atoms with Gasteiger partial charge >= 0.3 is 0 Å². The summed E-state index contributed by atoms with van der Waals surface area (Å²) < 4.78 is 1.65. The largest absolute Gasteiger partial charge is 0.324 e. The van der Waals surface area contributed by atoms with Crippen LogP contribution >= 0.6 is 0 Å². The molecule has 0 amide bonds. The smallest absolute Gasteiger partial charge is 0.145 e. The summed E-state index contributed by atoms with van der Waals surface area (Å²) in [6, 6.07) is 9.15. The Bertz CT molecular complexity index is 491. The zero-order valence-electron chi connectivity index (χ0n) is 7.96. The fraction of sp³-hybridized carbons (Fsp3) is 0.100. The van der Waals surface area contributed by atoms with Crippen LogP contribution in [0.15, 0.2) is 30.6 Å². The molecule has 0 fully saturated rings. The van der Waals surface area contributed by atoms with Gasteiger partial charge in [-0.25, -0.2) is 9.67 Å². The topological polar surface area (TPSA) is 80.5 Å². The van der Waals surface area contributed by atoms with Gasteiger partial charge in [-0.05, 0) is 24.3 Å². The van der Waals surface area contributed by atoms with E-state index in [4.69, 9.17) is 11.0 Å². The predicted octanol–water partition coefficient (Wildman–Crippen LogP) is 0.598. The molecular formula is C10H9N5. The van der Waals surface area contributed by atoms with Crippen molar-refractivity contribution in [3.63, 3.8) is 0 Å². The highest BCUT2D eigenvalue weighted by Gasteiger charge is 2.03. The molecule has 0 aliphatic carbocycles. The number of aromatic nitrogens is 3. The van der Waals surface area contributed by atoms with Crippen molar-refractivity contribution in [2.45, 2.75) is 6.54 Å². The van der Waals surface area contributed by atoms with Gasteiger partial charge in [-0.15, -0.1) is 0 Å². The molecule has 2 rings (SSSR count). The minimum absolute atomic E-state index is 0.333. The standard InChI is InChI=1S/C10H9N5/c11-5-8-1-3-9(4-2-8)15-10(6-12)13-7-14-15/h1-4,7H,6,12H2. The molecule has 0 bridgehead atoms. The van der Waals surface area contributed by atoms with Crippen LogP contribution in [-0.2, 0) is 6.54 Å². The summed E-state index contributed by atoms with van der Waals surface area (Å²) >= 11 is 0. The third-order valence-corrected chi connectivity index (χ3v) is 2.04. The minimum Gasteiger partial charge on any atom is -0.324 e. The van der Waals surface area contributed by atoms with Crippen molar-refractivity contribution < 1.29 is 0 Å². The number of rotatable bonds is 2. The Morgan fingerprint density at radius 3 is 2.67 bits per heavy atom. The molecule has 0 saturated carbocycles. The second-order valence-electron chi connectivity index (χ2n) is 2.95. The predicted molar refractivity (Wildman–Crippen MR) is 54.0 cm³/mol. The van der Waals surface area contributed by atoms with E-state index in [1.54, 1.807) is 16.8 Å². The van der Waals surface area contributed by atoms with E-state index in [0.717, 1.165) is 5.69 Å². The van der Waals surface area contributed by atoms with E-state index in [0.29, 0.717) is 17.9 Å². The summed E-state index contributed by atoms with van der Waals surface area (Å²) in [4.78, 5) is 4.02. The molecule has 74 valence electrons. The summed E-state index contributed by atoms with van der Waals surface area (Å²) in [5.41, 5.74) is 6.99. The van der Waals surface area contributed by atoms with Crippen molar-refractivity contribution in [3.8, 4) is 11.8 Å². The molecule has 15 heavy (non-hydrogen) atoms. The van der Waals surface area contributed by atoms with Gasteiger partial charge in [-0.1, -0.05) is 0 Å². The van der Waals surface area contributed by atoms with Crippen LogP contribution in [0.1, 0.15) is 11.4 Å². The van der Waals surface area contributed by atoms with E-state index in [1.807, 2.05) is 12.1 Å². The fourth-order valence-electron chi connectivity index (χ4n) is 1.30. The molecule has 0 saturated heterocycles. The van der Waals surface area contributed by atoms with Gasteiger partial charge < -0.3 is 5.73 Å². The average Bonchev–Trinajstić information content (AvgIpc) is 2.77. The molecule has 5 heteroatoms. The van der Waals surface area contributed by atoms with Gasteiger partial charge in [0.25, 0.3) is 0 Å². The lowest BCUT2D eigenvalue weighted by molar-refractivity contribution is 0.789. The minimum atomic E-state index is 0.333. The van der Waals surface area contributed by atoms with E-state index >= 15 is 0 Å². The number of nitrogens with two attached hydrogens (primary N) is 1. The zero-order valence-corrected chi connectivity index (χ0v) is 7.96. The van der Waals surface area contributed by atoms with Crippen LogP contribution in [0.2, 0.25) is 0 Å². The molecule has 2 aromatic rings. The highest BCUT2D eigenvalue weighted by atomic mass is 15.3. The van der Waals surface area contributed by atoms with E-state index in [9.17, 15) is 0 Å². The molecule has 1 aromatic heterocycles. The van der Waals surface area contributed by atoms with Crippen LogP contribution in [0.25, 0.3) is 5.69 Å². The third-order valence-electron chi connectivity index (χ3n) is 2.04. The van der Waals surface area contributed by atoms with E-state index in [1.165, 1.54) is 6.33 Å². The first-order chi connectivity index (χ1) is 7.35. The van der Waals surface area contributed by atoms with E-state index in [-0.39, 0.29) is 0 Å². The molecule has 1 aromatic carbocycles. The molecule has 0 aliphatic rings. The van der Waals surface area contributed by atoms with Gasteiger partial charge in [0.15, 0.2) is 0 Å². The van der Waals surface area contributed by atoms with Gasteiger partial charge in [-0.3, -0.25) is 0 Å². The van der Waals surface area contributed by atoms with Crippen molar-refractivity contribution in [3.05, 3.63) is 42.0 Å². The Hall–Kier alpha value is -2.19. The summed E-state index contributed by atoms with van der Waals surface area (Å²) in [6.45, 7) is 0.333. The quantitative estimate of drug-likeness (QED) is 0.767. The number of benzene rings is 1. The van der Waals surface area contributed by atoms with Crippen LogP contribution in [-0.4, -0.2) is 14.8 Å². The van der Waals surface area contributed by atoms with Crippen LogP contribution in [0.4, 0.5) is 0 Å². The van der Waals surface area contributed by atoms with E-state index < -0.39 is 0 Å². The first-order valence-electron chi connectivity index (χ1n) is 4.44. The van der Waals surface area contributed by atoms with Gasteiger partial charge in [0.05, 0.1) is 23.9 Å². The molecule has 0 atom stereocenters. The Morgan fingerprint density at radius 1 is 1.33 bits per heavy atom. The van der Waals surface area contributed by atoms with Gasteiger partial charge in [0.2, 0.25) is 0 Å². The van der Waals surface area contributed by atoms with Crippen molar-refractivity contribution in [1.29, 1.82) is 5.26 Å². The van der Waals surface area contributed by atoms with Crippen molar-refractivity contribution >= 4 is 0 Å². The lowest BCUT2D eigenvalue weighted by Crippen LogP contribution is -2.07. The van der Waals surface area contributed by atoms with Crippen LogP contribution < -0.4 is 5.73 Å². The van der Waals surface area contributed by atoms with Crippen LogP contribution in [0.5, 0.6) is 0 Å². The fourth-order valence-corrected chi connectivity index (χ4v) is 1.30. The first kappa shape index (κ1) is 9.37. The SMILES string of the molecule is N#Cc1ccc(-n2ncnc2CN)cc1. The number of nitriles is 1. The second kappa shape index (κ2) is 3.90. The summed E-state index contributed by atoms with van der Waals surface area (Å²) in [5, 5.41) is 12.7. The third kappa shape index (κ3) is 1.71. The maximum absolute atomic E-state index is 8.66. The van der Waals surface area contributed by atoms with Crippen molar-refractivity contribution in [1.82, 2.24) is 14.8 Å². The average molecular weight is 199 g/mol. The molecule has 2 N–H and O–H groups in total. The van der Waals surface area contributed by atoms with Gasteiger partial charge in [0.1, 0.15) is 12.2 Å². The monoisotopic (exact) mass is 199 g/mol. The second-order valence-corrected chi connectivity index (χ2v) is 2.95. The van der Waals surface area contributed by atoms with Crippen LogP contribution in [0.3, 0.4) is 0 Å². The van der Waals surface area contributed by atoms with Gasteiger partial charge in [0, 0.05) is 0 Å². The van der Waals surface area contributed by atoms with E-state index in [2.05, 4.69) is 16.2 Å². The summed E-state index contributed by atoms with van der Waals surface area (Å²) in [7, 11) is 0. The Morgan fingerprint density at radius 2 is 2.07 bits per heavy atom. The molecule has 5 nitrogen and oxygen atoms in total. The Balaban J connectivity index is 2.42. The molecule has 0 aliphatic heterocycles. The number of nitrogens with zero attached hydrogens (tertiary/aromatic N) is 4. The molecular weight excluding hydrogens is 190 g/mol. The molecule has 0 radical (unpaired) electrons. The summed E-state index contributed by atoms with van der Waals surface area (Å²) in [6.07, 6.45) is 1.46. The Labute approximate surface area is 86.8 Å². The summed E-state index contributed by atoms with van der Waals surface area (Å²) in [5.74, 6) is 0.694. The highest BCUT2D eigenvalue weighted by Crippen LogP contribution is 2.09. The molecule has 0 spiro atoms. The first-order valence-corrected chi connectivity index (χ1v) is 4.44. The maximum Gasteiger partial charge on any atom is 0.145 e. The highest BCUT2D eigenvalue weighted by molar-refractivity contribution is 5.39. The lowest BCUT2D eigenvalue weighted by Gasteiger charge is -2.03. The maximum atomic E-state index is 8.66. The normalized spacial score (nSPS) is 9.87. The van der Waals surface area contributed by atoms with Gasteiger partial charge in [-0.2, -0.15) is 10.4 Å². The van der Waals surface area contributed by atoms with Crippen LogP contribution in [0, 0.1) is 11.3 Å². The lowest BCUT2D eigenvalue weighted by atomic mass is 10.2. The Kier molecular flexibility index (Phi) is 2.44. The number of hydrogen-bond donors (Lipinski definition) is 1. The number of hydrogen-bond acceptors (Lipinski definition) is 4. The molecule has 1 heterocycles.